The van der Waals surface area contributed by atoms with E-state index >= 15 is 0 Å². The molecule has 0 aromatic carbocycles. The van der Waals surface area contributed by atoms with Crippen LogP contribution in [-0.2, 0) is 11.2 Å². The van der Waals surface area contributed by atoms with Crippen molar-refractivity contribution >= 4 is 17.1 Å². The fourth-order valence-electron chi connectivity index (χ4n) is 5.58. The fraction of sp³-hybridized carbons (Fsp3) is 0.579. The lowest BCUT2D eigenvalue weighted by Crippen LogP contribution is -2.48. The van der Waals surface area contributed by atoms with Crippen molar-refractivity contribution in [2.24, 2.45) is 17.8 Å². The van der Waals surface area contributed by atoms with Crippen LogP contribution in [0.25, 0.3) is 11.0 Å². The van der Waals surface area contributed by atoms with Gasteiger partial charge in [-0.05, 0) is 54.7 Å². The Morgan fingerprint density at radius 1 is 1.44 bits per heavy atom. The van der Waals surface area contributed by atoms with E-state index in [1.54, 1.807) is 13.3 Å². The highest BCUT2D eigenvalue weighted by Crippen LogP contribution is 2.55. The van der Waals surface area contributed by atoms with E-state index in [2.05, 4.69) is 21.4 Å². The van der Waals surface area contributed by atoms with Crippen LogP contribution in [0.15, 0.2) is 24.5 Å². The summed E-state index contributed by atoms with van der Waals surface area (Å²) in [5.41, 5.74) is 2.10. The Morgan fingerprint density at radius 2 is 2.36 bits per heavy atom. The number of fused-ring (bicyclic) bond motifs is 2. The Bertz CT molecular complexity index is 802. The van der Waals surface area contributed by atoms with E-state index in [0.717, 1.165) is 24.0 Å². The van der Waals surface area contributed by atoms with Crippen molar-refractivity contribution in [3.63, 3.8) is 0 Å². The van der Waals surface area contributed by atoms with E-state index in [9.17, 15) is 4.79 Å². The molecule has 3 aliphatic rings. The summed E-state index contributed by atoms with van der Waals surface area (Å²) >= 11 is 0. The van der Waals surface area contributed by atoms with Gasteiger partial charge in [-0.2, -0.15) is 0 Å². The molecule has 3 heterocycles. The molecule has 3 fully saturated rings. The Balaban J connectivity index is 1.23. The van der Waals surface area contributed by atoms with Gasteiger partial charge in [-0.15, -0.1) is 0 Å². The summed E-state index contributed by atoms with van der Waals surface area (Å²) in [5, 5.41) is 4.25. The maximum absolute atomic E-state index is 12.7. The van der Waals surface area contributed by atoms with Gasteiger partial charge >= 0.3 is 6.03 Å². The number of amides is 2. The van der Waals surface area contributed by atoms with E-state index in [4.69, 9.17) is 4.74 Å². The molecule has 132 valence electrons. The molecule has 5 atom stereocenters. The molecule has 6 nitrogen and oxygen atoms in total. The smallest absolute Gasteiger partial charge is 0.317 e. The maximum Gasteiger partial charge on any atom is 0.317 e. The highest BCUT2D eigenvalue weighted by molar-refractivity contribution is 5.79. The summed E-state index contributed by atoms with van der Waals surface area (Å²) in [6.07, 6.45) is 7.27. The Labute approximate surface area is 146 Å². The van der Waals surface area contributed by atoms with Gasteiger partial charge in [0.15, 0.2) is 0 Å². The van der Waals surface area contributed by atoms with Crippen LogP contribution in [0.4, 0.5) is 4.79 Å². The maximum atomic E-state index is 12.7. The number of likely N-dealkylation sites (tertiary alicyclic amines) is 1. The van der Waals surface area contributed by atoms with Crippen molar-refractivity contribution in [2.75, 3.05) is 20.2 Å². The van der Waals surface area contributed by atoms with Gasteiger partial charge in [0.1, 0.15) is 5.65 Å². The van der Waals surface area contributed by atoms with Crippen molar-refractivity contribution in [3.05, 3.63) is 30.1 Å². The third-order valence-electron chi connectivity index (χ3n) is 6.56. The van der Waals surface area contributed by atoms with Crippen molar-refractivity contribution in [1.29, 1.82) is 0 Å². The number of H-pyrrole nitrogens is 1. The van der Waals surface area contributed by atoms with Gasteiger partial charge in [-0.1, -0.05) is 0 Å². The summed E-state index contributed by atoms with van der Waals surface area (Å²) in [7, 11) is 1.79. The largest absolute Gasteiger partial charge is 0.379 e. The normalized spacial score (nSPS) is 32.7. The van der Waals surface area contributed by atoms with Crippen LogP contribution in [0.5, 0.6) is 0 Å². The number of nitrogens with zero attached hydrogens (tertiary/aromatic N) is 2. The molecule has 2 bridgehead atoms. The van der Waals surface area contributed by atoms with E-state index in [1.807, 2.05) is 17.2 Å². The Kier molecular flexibility index (Phi) is 3.48. The highest BCUT2D eigenvalue weighted by Gasteiger charge is 2.60. The number of hydrogen-bond acceptors (Lipinski definition) is 3. The zero-order valence-corrected chi connectivity index (χ0v) is 14.4. The van der Waals surface area contributed by atoms with E-state index in [-0.39, 0.29) is 18.2 Å². The van der Waals surface area contributed by atoms with Crippen LogP contribution in [-0.4, -0.2) is 53.2 Å². The van der Waals surface area contributed by atoms with E-state index in [1.165, 1.54) is 18.4 Å². The summed E-state index contributed by atoms with van der Waals surface area (Å²) in [5.74, 6) is 1.99. The second-order valence-electron chi connectivity index (χ2n) is 7.69. The molecular weight excluding hydrogens is 316 g/mol. The van der Waals surface area contributed by atoms with Gasteiger partial charge < -0.3 is 19.9 Å². The van der Waals surface area contributed by atoms with Gasteiger partial charge in [-0.25, -0.2) is 9.78 Å². The standard InChI is InChI=1S/C19H24N4O2/c1-25-17-12-7-13-10-23(16(17)15(13)8-12)19(24)21-6-4-11-9-22-18-14(11)3-2-5-20-18/h2-3,5,9,12-13,15-17H,4,6-8,10H2,1H3,(H,20,22)(H,21,24)/t12-,13-,15-,16-,17+/m0/s1. The monoisotopic (exact) mass is 340 g/mol. The lowest BCUT2D eigenvalue weighted by atomic mass is 9.88. The molecule has 0 unspecified atom stereocenters. The molecule has 2 saturated carbocycles. The van der Waals surface area contributed by atoms with Gasteiger partial charge in [0, 0.05) is 38.0 Å². The Morgan fingerprint density at radius 3 is 3.24 bits per heavy atom. The first-order chi connectivity index (χ1) is 12.3. The molecule has 1 saturated heterocycles. The van der Waals surface area contributed by atoms with Crippen LogP contribution in [0, 0.1) is 17.8 Å². The molecule has 5 rings (SSSR count). The van der Waals surface area contributed by atoms with Crippen LogP contribution >= 0.6 is 0 Å². The molecule has 1 aliphatic heterocycles. The molecule has 2 aromatic heterocycles. The van der Waals surface area contributed by atoms with Crippen molar-refractivity contribution in [2.45, 2.75) is 31.4 Å². The molecule has 2 aromatic rings. The minimum atomic E-state index is 0.0695. The molecule has 2 N–H and O–H groups in total. The lowest BCUT2D eigenvalue weighted by molar-refractivity contribution is 0.0190. The SMILES string of the molecule is CO[C@@H]1[C@H]2C[C@H]3CN(C(=O)NCCc4c[nH]c5ncccc45)[C@H]1[C@H]3C2. The molecule has 0 spiro atoms. The van der Waals surface area contributed by atoms with Crippen LogP contribution < -0.4 is 5.32 Å². The number of hydrogen-bond donors (Lipinski definition) is 2. The average Bonchev–Trinajstić information content (AvgIpc) is 3.34. The molecule has 0 radical (unpaired) electrons. The van der Waals surface area contributed by atoms with Gasteiger partial charge in [0.05, 0.1) is 12.1 Å². The number of aromatic nitrogens is 2. The molecular formula is C19H24N4O2. The third kappa shape index (κ3) is 2.27. The van der Waals surface area contributed by atoms with Crippen LogP contribution in [0.2, 0.25) is 0 Å². The summed E-state index contributed by atoms with van der Waals surface area (Å²) in [4.78, 5) is 22.3. The second-order valence-corrected chi connectivity index (χ2v) is 7.69. The summed E-state index contributed by atoms with van der Waals surface area (Å²) < 4.78 is 5.73. The second kappa shape index (κ2) is 5.73. The number of urea groups is 1. The summed E-state index contributed by atoms with van der Waals surface area (Å²) in [6, 6.07) is 4.36. The predicted molar refractivity (Wildman–Crippen MR) is 94.2 cm³/mol. The van der Waals surface area contributed by atoms with Crippen molar-refractivity contribution < 1.29 is 9.53 Å². The molecule has 25 heavy (non-hydrogen) atoms. The number of carbonyl (C=O) groups excluding carboxylic acids is 1. The Hall–Kier alpha value is -2.08. The van der Waals surface area contributed by atoms with Crippen molar-refractivity contribution in [1.82, 2.24) is 20.2 Å². The number of carbonyl (C=O) groups is 1. The minimum absolute atomic E-state index is 0.0695. The molecule has 2 aliphatic carbocycles. The lowest BCUT2D eigenvalue weighted by Gasteiger charge is -2.31. The first-order valence-electron chi connectivity index (χ1n) is 9.24. The zero-order chi connectivity index (χ0) is 17.0. The van der Waals surface area contributed by atoms with Crippen molar-refractivity contribution in [3.8, 4) is 0 Å². The number of aromatic amines is 1. The van der Waals surface area contributed by atoms with E-state index in [0.29, 0.717) is 24.3 Å². The van der Waals surface area contributed by atoms with Gasteiger partial charge in [0.25, 0.3) is 0 Å². The quantitative estimate of drug-likeness (QED) is 0.896. The number of nitrogens with one attached hydrogen (secondary N) is 2. The van der Waals surface area contributed by atoms with E-state index < -0.39 is 0 Å². The summed E-state index contributed by atoms with van der Waals surface area (Å²) in [6.45, 7) is 1.54. The van der Waals surface area contributed by atoms with Gasteiger partial charge in [-0.3, -0.25) is 0 Å². The van der Waals surface area contributed by atoms with Crippen LogP contribution in [0.3, 0.4) is 0 Å². The number of pyridine rings is 1. The molecule has 6 heteroatoms. The third-order valence-corrected chi connectivity index (χ3v) is 6.56. The zero-order valence-electron chi connectivity index (χ0n) is 14.4. The number of methoxy groups -OCH3 is 1. The minimum Gasteiger partial charge on any atom is -0.379 e. The molecule has 2 amide bonds. The van der Waals surface area contributed by atoms with Crippen LogP contribution in [0.1, 0.15) is 18.4 Å². The fourth-order valence-corrected chi connectivity index (χ4v) is 5.58. The number of rotatable bonds is 4. The predicted octanol–water partition coefficient (Wildman–Crippen LogP) is 2.17. The van der Waals surface area contributed by atoms with Gasteiger partial charge in [0.2, 0.25) is 0 Å². The first kappa shape index (κ1) is 15.2. The first-order valence-corrected chi connectivity index (χ1v) is 9.24. The topological polar surface area (TPSA) is 70.2 Å². The highest BCUT2D eigenvalue weighted by atomic mass is 16.5. The number of ether oxygens (including phenoxy) is 1. The average molecular weight is 340 g/mol.